The molecule has 4 heterocycles. The summed E-state index contributed by atoms with van der Waals surface area (Å²) in [6, 6.07) is 23.6. The first-order valence-corrected chi connectivity index (χ1v) is 13.2. The van der Waals surface area contributed by atoms with Crippen molar-refractivity contribution in [3.05, 3.63) is 72.8 Å². The van der Waals surface area contributed by atoms with Crippen molar-refractivity contribution in [2.45, 2.75) is 0 Å². The van der Waals surface area contributed by atoms with E-state index in [-0.39, 0.29) is 0 Å². The first-order valence-electron chi connectivity index (χ1n) is 11.5. The number of nitrogens with zero attached hydrogens (tertiary/aromatic N) is 8. The van der Waals surface area contributed by atoms with Crippen LogP contribution in [0.4, 0.5) is 0 Å². The molecule has 4 aromatic heterocycles. The van der Waals surface area contributed by atoms with Crippen molar-refractivity contribution in [3.8, 4) is 55.4 Å². The Balaban J connectivity index is 1.17. The second-order valence-electron chi connectivity index (χ2n) is 8.28. The lowest BCUT2D eigenvalue weighted by Crippen LogP contribution is -1.92. The van der Waals surface area contributed by atoms with Crippen LogP contribution in [-0.4, -0.2) is 53.8 Å². The van der Waals surface area contributed by atoms with Gasteiger partial charge in [-0.1, -0.05) is 46.9 Å². The highest BCUT2D eigenvalue weighted by Crippen LogP contribution is 2.32. The summed E-state index contributed by atoms with van der Waals surface area (Å²) in [5.41, 5.74) is 3.82. The Morgan fingerprint density at radius 2 is 0.868 bits per heavy atom. The highest BCUT2D eigenvalue weighted by Gasteiger charge is 2.17. The van der Waals surface area contributed by atoms with Crippen molar-refractivity contribution >= 4 is 32.6 Å². The van der Waals surface area contributed by atoms with Gasteiger partial charge in [0.05, 0.1) is 14.2 Å². The number of hydrogen-bond acceptors (Lipinski definition) is 10. The molecule has 3 aromatic carbocycles. The van der Waals surface area contributed by atoms with E-state index in [1.165, 1.54) is 22.7 Å². The number of aromatic nitrogens is 8. The fourth-order valence-corrected chi connectivity index (χ4v) is 5.75. The maximum atomic E-state index is 5.25. The molecule has 0 bridgehead atoms. The topological polar surface area (TPSA) is 105 Å². The number of hydrogen-bond donors (Lipinski definition) is 0. The van der Waals surface area contributed by atoms with Gasteiger partial charge in [0, 0.05) is 22.3 Å². The van der Waals surface area contributed by atoms with Gasteiger partial charge in [-0.3, -0.25) is 0 Å². The van der Waals surface area contributed by atoms with Gasteiger partial charge >= 0.3 is 0 Å². The van der Waals surface area contributed by atoms with E-state index in [0.717, 1.165) is 53.7 Å². The van der Waals surface area contributed by atoms with Crippen LogP contribution in [0.3, 0.4) is 0 Å². The van der Waals surface area contributed by atoms with E-state index in [2.05, 4.69) is 20.4 Å². The largest absolute Gasteiger partial charge is 0.497 e. The second-order valence-corrected chi connectivity index (χ2v) is 10.2. The summed E-state index contributed by atoms with van der Waals surface area (Å²) < 4.78 is 14.1. The van der Waals surface area contributed by atoms with Crippen LogP contribution >= 0.6 is 22.7 Å². The lowest BCUT2D eigenvalue weighted by Gasteiger charge is -2.01. The Morgan fingerprint density at radius 1 is 0.500 bits per heavy atom. The Morgan fingerprint density at radius 3 is 1.24 bits per heavy atom. The molecule has 0 N–H and O–H groups in total. The van der Waals surface area contributed by atoms with E-state index in [0.29, 0.717) is 11.6 Å². The molecule has 10 nitrogen and oxygen atoms in total. The van der Waals surface area contributed by atoms with Crippen LogP contribution in [0.5, 0.6) is 11.5 Å². The van der Waals surface area contributed by atoms with Crippen LogP contribution in [0.15, 0.2) is 72.8 Å². The zero-order chi connectivity index (χ0) is 25.6. The highest BCUT2D eigenvalue weighted by molar-refractivity contribution is 7.20. The Bertz CT molecular complexity index is 1750. The molecule has 12 heteroatoms. The minimum Gasteiger partial charge on any atom is -0.497 e. The van der Waals surface area contributed by atoms with Crippen molar-refractivity contribution in [3.63, 3.8) is 0 Å². The number of benzene rings is 3. The predicted octanol–water partition coefficient (Wildman–Crippen LogP) is 5.37. The molecule has 0 fully saturated rings. The molecular weight excluding hydrogens is 520 g/mol. The summed E-state index contributed by atoms with van der Waals surface area (Å²) in [6.07, 6.45) is 0. The third kappa shape index (κ3) is 3.78. The SMILES string of the molecule is COc1ccc(-c2nnc3sc(-c4ccc(-c5nn6c(-c7ccc(OC)cc7)nnc6s5)cc4)nn23)cc1. The van der Waals surface area contributed by atoms with Crippen LogP contribution in [0.2, 0.25) is 0 Å². The minimum atomic E-state index is 0.689. The maximum absolute atomic E-state index is 5.25. The molecular formula is C26H18N8O2S2. The average Bonchev–Trinajstić information content (AvgIpc) is 3.74. The molecule has 0 saturated heterocycles. The molecule has 0 spiro atoms. The summed E-state index contributed by atoms with van der Waals surface area (Å²) in [7, 11) is 3.29. The van der Waals surface area contributed by atoms with Crippen LogP contribution in [0.25, 0.3) is 53.8 Å². The summed E-state index contributed by atoms with van der Waals surface area (Å²) in [5.74, 6) is 2.95. The molecule has 0 aliphatic heterocycles. The summed E-state index contributed by atoms with van der Waals surface area (Å²) in [6.45, 7) is 0. The first kappa shape index (κ1) is 22.5. The highest BCUT2D eigenvalue weighted by atomic mass is 32.1. The van der Waals surface area contributed by atoms with Crippen LogP contribution in [0.1, 0.15) is 0 Å². The molecule has 7 aromatic rings. The van der Waals surface area contributed by atoms with Crippen LogP contribution < -0.4 is 9.47 Å². The normalized spacial score (nSPS) is 11.4. The molecule has 38 heavy (non-hydrogen) atoms. The lowest BCUT2D eigenvalue weighted by molar-refractivity contribution is 0.414. The van der Waals surface area contributed by atoms with E-state index in [4.69, 9.17) is 19.7 Å². The second kappa shape index (κ2) is 9.01. The van der Waals surface area contributed by atoms with Crippen molar-refractivity contribution in [1.29, 1.82) is 0 Å². The average molecular weight is 539 g/mol. The Kier molecular flexibility index (Phi) is 5.34. The standard InChI is InChI=1S/C26H18N8O2S2/c1-35-19-11-7-15(8-12-19)21-27-29-25-33(21)31-23(37-25)17-3-5-18(6-4-17)24-32-34-22(28-30-26(34)38-24)16-9-13-20(36-2)14-10-16/h3-14H,1-2H3. The maximum Gasteiger partial charge on any atom is 0.235 e. The van der Waals surface area contributed by atoms with E-state index in [1.807, 2.05) is 72.8 Å². The third-order valence-electron chi connectivity index (χ3n) is 6.06. The van der Waals surface area contributed by atoms with Gasteiger partial charge in [0.15, 0.2) is 11.6 Å². The van der Waals surface area contributed by atoms with E-state index < -0.39 is 0 Å². The summed E-state index contributed by atoms with van der Waals surface area (Å²) in [4.78, 5) is 1.46. The fourth-order valence-electron chi connectivity index (χ4n) is 4.06. The molecule has 0 aliphatic carbocycles. The van der Waals surface area contributed by atoms with E-state index in [9.17, 15) is 0 Å². The van der Waals surface area contributed by atoms with Gasteiger partial charge in [0.1, 0.15) is 21.5 Å². The van der Waals surface area contributed by atoms with Gasteiger partial charge in [-0.15, -0.1) is 20.4 Å². The van der Waals surface area contributed by atoms with Gasteiger partial charge in [-0.2, -0.15) is 19.2 Å². The molecule has 186 valence electrons. The van der Waals surface area contributed by atoms with Crippen LogP contribution in [-0.2, 0) is 0 Å². The fraction of sp³-hybridized carbons (Fsp3) is 0.0769. The van der Waals surface area contributed by atoms with Crippen molar-refractivity contribution < 1.29 is 9.47 Å². The Hall–Kier alpha value is -4.68. The smallest absolute Gasteiger partial charge is 0.235 e. The molecule has 0 saturated carbocycles. The predicted molar refractivity (Wildman–Crippen MR) is 146 cm³/mol. The van der Waals surface area contributed by atoms with Crippen molar-refractivity contribution in [2.24, 2.45) is 0 Å². The zero-order valence-electron chi connectivity index (χ0n) is 20.1. The van der Waals surface area contributed by atoms with Gasteiger partial charge in [-0.25, -0.2) is 0 Å². The van der Waals surface area contributed by atoms with Gasteiger partial charge in [-0.05, 0) is 48.5 Å². The summed E-state index contributed by atoms with van der Waals surface area (Å²) >= 11 is 2.98. The molecule has 0 unspecified atom stereocenters. The van der Waals surface area contributed by atoms with Gasteiger partial charge in [0.2, 0.25) is 9.92 Å². The van der Waals surface area contributed by atoms with E-state index in [1.54, 1.807) is 23.3 Å². The molecule has 0 atom stereocenters. The molecule has 0 radical (unpaired) electrons. The van der Waals surface area contributed by atoms with Crippen molar-refractivity contribution in [2.75, 3.05) is 14.2 Å². The molecule has 0 aliphatic rings. The van der Waals surface area contributed by atoms with Crippen molar-refractivity contribution in [1.82, 2.24) is 39.6 Å². The quantitative estimate of drug-likeness (QED) is 0.278. The number of rotatable bonds is 6. The number of fused-ring (bicyclic) bond motifs is 2. The zero-order valence-corrected chi connectivity index (χ0v) is 21.8. The Labute approximate surface area is 223 Å². The summed E-state index contributed by atoms with van der Waals surface area (Å²) in [5, 5.41) is 28.5. The number of ether oxygens (including phenoxy) is 2. The first-order chi connectivity index (χ1) is 18.7. The van der Waals surface area contributed by atoms with Crippen LogP contribution in [0, 0.1) is 0 Å². The monoisotopic (exact) mass is 538 g/mol. The molecule has 0 amide bonds. The van der Waals surface area contributed by atoms with Gasteiger partial charge < -0.3 is 9.47 Å². The van der Waals surface area contributed by atoms with Gasteiger partial charge in [0.25, 0.3) is 0 Å². The minimum absolute atomic E-state index is 0.689. The lowest BCUT2D eigenvalue weighted by atomic mass is 10.1. The number of methoxy groups -OCH3 is 2. The van der Waals surface area contributed by atoms with E-state index >= 15 is 0 Å². The molecule has 7 rings (SSSR count). The third-order valence-corrected chi connectivity index (χ3v) is 7.95.